The Kier molecular flexibility index (Phi) is 10.6. The maximum Gasteiger partial charge on any atom is 0.193 e. The van der Waals surface area contributed by atoms with Gasteiger partial charge in [-0.05, 0) is 56.4 Å². The van der Waals surface area contributed by atoms with Gasteiger partial charge in [0.05, 0.1) is 0 Å². The second-order valence-corrected chi connectivity index (χ2v) is 8.06. The number of guanidine groups is 1. The summed E-state index contributed by atoms with van der Waals surface area (Å²) in [6, 6.07) is 0. The summed E-state index contributed by atoms with van der Waals surface area (Å²) in [6.07, 6.45) is 6.53. The van der Waals surface area contributed by atoms with E-state index in [1.165, 1.54) is 51.7 Å². The van der Waals surface area contributed by atoms with E-state index in [-0.39, 0.29) is 24.0 Å². The van der Waals surface area contributed by atoms with Crippen molar-refractivity contribution in [1.29, 1.82) is 0 Å². The van der Waals surface area contributed by atoms with Gasteiger partial charge in [-0.25, -0.2) is 0 Å². The molecule has 0 bridgehead atoms. The minimum Gasteiger partial charge on any atom is -0.356 e. The zero-order chi connectivity index (χ0) is 16.7. The molecule has 142 valence electrons. The molecule has 2 fully saturated rings. The van der Waals surface area contributed by atoms with Crippen LogP contribution in [-0.2, 0) is 0 Å². The molecule has 4 nitrogen and oxygen atoms in total. The predicted molar refractivity (Wildman–Crippen MR) is 115 cm³/mol. The minimum absolute atomic E-state index is 0. The maximum absolute atomic E-state index is 4.47. The number of hydrogen-bond donors (Lipinski definition) is 1. The molecule has 2 aliphatic rings. The highest BCUT2D eigenvalue weighted by molar-refractivity contribution is 14.0. The molecule has 0 saturated carbocycles. The smallest absolute Gasteiger partial charge is 0.193 e. The van der Waals surface area contributed by atoms with Gasteiger partial charge < -0.3 is 15.1 Å². The topological polar surface area (TPSA) is 30.9 Å². The Morgan fingerprint density at radius 3 is 2.21 bits per heavy atom. The summed E-state index contributed by atoms with van der Waals surface area (Å²) in [4.78, 5) is 9.56. The van der Waals surface area contributed by atoms with Crippen LogP contribution in [0.3, 0.4) is 0 Å². The van der Waals surface area contributed by atoms with E-state index in [0.29, 0.717) is 0 Å². The van der Waals surface area contributed by atoms with Crippen LogP contribution in [0.5, 0.6) is 0 Å². The van der Waals surface area contributed by atoms with E-state index < -0.39 is 0 Å². The lowest BCUT2D eigenvalue weighted by molar-refractivity contribution is 0.139. The van der Waals surface area contributed by atoms with Crippen LogP contribution >= 0.6 is 24.0 Å². The lowest BCUT2D eigenvalue weighted by atomic mass is 9.92. The van der Waals surface area contributed by atoms with Crippen LogP contribution in [0, 0.1) is 17.8 Å². The molecule has 2 atom stereocenters. The molecule has 0 aromatic rings. The number of piperidine rings is 2. The minimum atomic E-state index is 0. The van der Waals surface area contributed by atoms with E-state index in [9.17, 15) is 0 Å². The summed E-state index contributed by atoms with van der Waals surface area (Å²) in [5, 5.41) is 3.57. The Morgan fingerprint density at radius 1 is 1.00 bits per heavy atom. The number of aliphatic imine (C=N–C) groups is 1. The fraction of sp³-hybridized carbons (Fsp3) is 0.947. The molecule has 0 radical (unpaired) electrons. The van der Waals surface area contributed by atoms with Crippen molar-refractivity contribution in [3.63, 3.8) is 0 Å². The molecule has 5 heteroatoms. The highest BCUT2D eigenvalue weighted by Crippen LogP contribution is 2.21. The van der Waals surface area contributed by atoms with Crippen molar-refractivity contribution in [3.8, 4) is 0 Å². The van der Waals surface area contributed by atoms with Gasteiger partial charge in [-0.15, -0.1) is 24.0 Å². The lowest BCUT2D eigenvalue weighted by Gasteiger charge is -2.35. The molecule has 2 unspecified atom stereocenters. The number of halogens is 1. The van der Waals surface area contributed by atoms with Crippen molar-refractivity contribution in [2.45, 2.75) is 52.9 Å². The molecule has 1 N–H and O–H groups in total. The fourth-order valence-corrected chi connectivity index (χ4v) is 4.19. The van der Waals surface area contributed by atoms with Gasteiger partial charge in [-0.1, -0.05) is 20.8 Å². The zero-order valence-corrected chi connectivity index (χ0v) is 18.6. The van der Waals surface area contributed by atoms with Crippen LogP contribution in [-0.4, -0.2) is 62.1 Å². The Balaban J connectivity index is 0.00000288. The molecule has 0 spiro atoms. The van der Waals surface area contributed by atoms with Gasteiger partial charge in [0, 0.05) is 39.8 Å². The van der Waals surface area contributed by atoms with E-state index in [4.69, 9.17) is 0 Å². The maximum atomic E-state index is 4.47. The van der Waals surface area contributed by atoms with E-state index in [1.807, 2.05) is 7.05 Å². The summed E-state index contributed by atoms with van der Waals surface area (Å²) in [6.45, 7) is 14.4. The van der Waals surface area contributed by atoms with E-state index >= 15 is 0 Å². The number of nitrogens with one attached hydrogen (secondary N) is 1. The van der Waals surface area contributed by atoms with Crippen molar-refractivity contribution < 1.29 is 0 Å². The lowest BCUT2D eigenvalue weighted by Crippen LogP contribution is -2.45. The van der Waals surface area contributed by atoms with Crippen molar-refractivity contribution in [1.82, 2.24) is 15.1 Å². The second kappa shape index (κ2) is 11.6. The molecular weight excluding hydrogens is 411 g/mol. The van der Waals surface area contributed by atoms with Gasteiger partial charge in [0.25, 0.3) is 0 Å². The number of hydrogen-bond acceptors (Lipinski definition) is 2. The van der Waals surface area contributed by atoms with Gasteiger partial charge in [0.2, 0.25) is 0 Å². The third kappa shape index (κ3) is 7.46. The largest absolute Gasteiger partial charge is 0.356 e. The van der Waals surface area contributed by atoms with Gasteiger partial charge in [-0.3, -0.25) is 4.99 Å². The molecule has 0 aromatic heterocycles. The summed E-state index contributed by atoms with van der Waals surface area (Å²) >= 11 is 0. The zero-order valence-electron chi connectivity index (χ0n) is 16.3. The summed E-state index contributed by atoms with van der Waals surface area (Å²) in [5.74, 6) is 3.73. The first kappa shape index (κ1) is 22.0. The molecule has 2 rings (SSSR count). The Morgan fingerprint density at radius 2 is 1.62 bits per heavy atom. The highest BCUT2D eigenvalue weighted by Gasteiger charge is 2.21. The van der Waals surface area contributed by atoms with Crippen molar-refractivity contribution in [2.75, 3.05) is 46.3 Å². The van der Waals surface area contributed by atoms with E-state index in [0.717, 1.165) is 43.3 Å². The van der Waals surface area contributed by atoms with Gasteiger partial charge in [0.1, 0.15) is 0 Å². The molecule has 24 heavy (non-hydrogen) atoms. The van der Waals surface area contributed by atoms with E-state index in [2.05, 4.69) is 40.9 Å². The number of nitrogens with zero attached hydrogens (tertiary/aromatic N) is 3. The molecular formula is C19H39IN4. The van der Waals surface area contributed by atoms with Gasteiger partial charge in [0.15, 0.2) is 5.96 Å². The number of unbranched alkanes of at least 4 members (excludes halogenated alkanes) is 1. The number of rotatable bonds is 5. The average Bonchev–Trinajstić information content (AvgIpc) is 2.51. The first-order chi connectivity index (χ1) is 11.1. The quantitative estimate of drug-likeness (QED) is 0.300. The summed E-state index contributed by atoms with van der Waals surface area (Å²) < 4.78 is 0. The third-order valence-electron chi connectivity index (χ3n) is 5.42. The van der Waals surface area contributed by atoms with Crippen LogP contribution in [0.15, 0.2) is 4.99 Å². The van der Waals surface area contributed by atoms with Crippen LogP contribution in [0.25, 0.3) is 0 Å². The van der Waals surface area contributed by atoms with Crippen molar-refractivity contribution >= 4 is 29.9 Å². The van der Waals surface area contributed by atoms with E-state index in [1.54, 1.807) is 0 Å². The van der Waals surface area contributed by atoms with Crippen LogP contribution in [0.4, 0.5) is 0 Å². The monoisotopic (exact) mass is 450 g/mol. The molecule has 2 aliphatic heterocycles. The first-order valence-corrected chi connectivity index (χ1v) is 9.76. The molecule has 2 saturated heterocycles. The Hall–Kier alpha value is -0.0400. The van der Waals surface area contributed by atoms with Gasteiger partial charge in [-0.2, -0.15) is 0 Å². The molecule has 2 heterocycles. The first-order valence-electron chi connectivity index (χ1n) is 9.76. The summed E-state index contributed by atoms with van der Waals surface area (Å²) in [7, 11) is 1.91. The molecule has 0 aliphatic carbocycles. The second-order valence-electron chi connectivity index (χ2n) is 8.06. The van der Waals surface area contributed by atoms with Crippen molar-refractivity contribution in [2.24, 2.45) is 22.7 Å². The van der Waals surface area contributed by atoms with Crippen LogP contribution < -0.4 is 5.32 Å². The fourth-order valence-electron chi connectivity index (χ4n) is 4.19. The normalized spacial score (nSPS) is 27.0. The molecule has 0 amide bonds. The van der Waals surface area contributed by atoms with Crippen LogP contribution in [0.2, 0.25) is 0 Å². The number of likely N-dealkylation sites (tertiary alicyclic amines) is 2. The standard InChI is InChI=1S/C19H38N4.HI/c1-16-7-11-23(12-8-16)19(20-4)21-9-5-6-10-22-14-17(2)13-18(3)15-22;/h16-18H,5-15H2,1-4H3,(H,20,21);1H. The Labute approximate surface area is 166 Å². The third-order valence-corrected chi connectivity index (χ3v) is 5.42. The highest BCUT2D eigenvalue weighted by atomic mass is 127. The SMILES string of the molecule is CN=C(NCCCCN1CC(C)CC(C)C1)N1CCC(C)CC1.I. The van der Waals surface area contributed by atoms with Crippen LogP contribution in [0.1, 0.15) is 52.9 Å². The summed E-state index contributed by atoms with van der Waals surface area (Å²) in [5.41, 5.74) is 0. The average molecular weight is 450 g/mol. The molecule has 0 aromatic carbocycles. The predicted octanol–water partition coefficient (Wildman–Crippen LogP) is 3.67. The van der Waals surface area contributed by atoms with Crippen molar-refractivity contribution in [3.05, 3.63) is 0 Å². The Bertz CT molecular complexity index is 356. The van der Waals surface area contributed by atoms with Gasteiger partial charge >= 0.3 is 0 Å².